The predicted molar refractivity (Wildman–Crippen MR) is 63.2 cm³/mol. The standard InChI is InChI=1S/C13H20N2O2/c16-11-8-15(10-6-7-10)13(17)12(14-11)9-4-2-1-3-5-9/h9-10,12H,1-8H2,(H,14,16). The van der Waals surface area contributed by atoms with Crippen LogP contribution >= 0.6 is 0 Å². The van der Waals surface area contributed by atoms with Crippen LogP contribution in [-0.2, 0) is 9.59 Å². The average Bonchev–Trinajstić information content (AvgIpc) is 3.17. The number of carbonyl (C=O) groups is 2. The van der Waals surface area contributed by atoms with E-state index in [4.69, 9.17) is 0 Å². The van der Waals surface area contributed by atoms with Gasteiger partial charge in [-0.1, -0.05) is 19.3 Å². The van der Waals surface area contributed by atoms with E-state index in [1.165, 1.54) is 19.3 Å². The zero-order valence-corrected chi connectivity index (χ0v) is 10.2. The second-order valence-electron chi connectivity index (χ2n) is 5.64. The molecule has 1 saturated heterocycles. The van der Waals surface area contributed by atoms with E-state index in [0.29, 0.717) is 12.0 Å². The van der Waals surface area contributed by atoms with Crippen LogP contribution in [0.5, 0.6) is 0 Å². The van der Waals surface area contributed by atoms with E-state index in [-0.39, 0.29) is 24.4 Å². The van der Waals surface area contributed by atoms with Gasteiger partial charge in [0.1, 0.15) is 6.04 Å². The van der Waals surface area contributed by atoms with E-state index in [0.717, 1.165) is 25.7 Å². The van der Waals surface area contributed by atoms with Gasteiger partial charge >= 0.3 is 0 Å². The largest absolute Gasteiger partial charge is 0.342 e. The highest BCUT2D eigenvalue weighted by molar-refractivity contribution is 5.95. The summed E-state index contributed by atoms with van der Waals surface area (Å²) in [5.41, 5.74) is 0. The Morgan fingerprint density at radius 2 is 1.71 bits per heavy atom. The van der Waals surface area contributed by atoms with Gasteiger partial charge in [-0.05, 0) is 31.6 Å². The van der Waals surface area contributed by atoms with Crippen molar-refractivity contribution in [2.75, 3.05) is 6.54 Å². The van der Waals surface area contributed by atoms with Gasteiger partial charge in [-0.25, -0.2) is 0 Å². The van der Waals surface area contributed by atoms with Crippen LogP contribution in [0.25, 0.3) is 0 Å². The lowest BCUT2D eigenvalue weighted by Crippen LogP contribution is -2.61. The third-order valence-electron chi connectivity index (χ3n) is 4.29. The second-order valence-corrected chi connectivity index (χ2v) is 5.64. The normalized spacial score (nSPS) is 31.5. The predicted octanol–water partition coefficient (Wildman–Crippen LogP) is 1.06. The van der Waals surface area contributed by atoms with Gasteiger partial charge in [0.25, 0.3) is 0 Å². The van der Waals surface area contributed by atoms with Crippen molar-refractivity contribution in [1.82, 2.24) is 10.2 Å². The molecular formula is C13H20N2O2. The first-order chi connectivity index (χ1) is 8.25. The van der Waals surface area contributed by atoms with Gasteiger partial charge < -0.3 is 10.2 Å². The number of hydrogen-bond acceptors (Lipinski definition) is 2. The third-order valence-corrected chi connectivity index (χ3v) is 4.29. The van der Waals surface area contributed by atoms with Gasteiger partial charge in [0.15, 0.2) is 0 Å². The first-order valence-corrected chi connectivity index (χ1v) is 6.85. The molecule has 2 amide bonds. The monoisotopic (exact) mass is 236 g/mol. The molecule has 0 radical (unpaired) electrons. The molecule has 0 aromatic heterocycles. The maximum atomic E-state index is 12.4. The van der Waals surface area contributed by atoms with E-state index < -0.39 is 0 Å². The van der Waals surface area contributed by atoms with E-state index in [9.17, 15) is 9.59 Å². The SMILES string of the molecule is O=C1CN(C2CC2)C(=O)C(C2CCCCC2)N1. The number of rotatable bonds is 2. The van der Waals surface area contributed by atoms with Crippen LogP contribution in [0.3, 0.4) is 0 Å². The van der Waals surface area contributed by atoms with E-state index in [1.807, 2.05) is 4.90 Å². The summed E-state index contributed by atoms with van der Waals surface area (Å²) in [6.07, 6.45) is 8.02. The highest BCUT2D eigenvalue weighted by atomic mass is 16.2. The van der Waals surface area contributed by atoms with Gasteiger partial charge in [0.2, 0.25) is 11.8 Å². The van der Waals surface area contributed by atoms with Crippen LogP contribution < -0.4 is 5.32 Å². The smallest absolute Gasteiger partial charge is 0.246 e. The Kier molecular flexibility index (Phi) is 2.81. The van der Waals surface area contributed by atoms with Gasteiger partial charge in [0.05, 0.1) is 6.54 Å². The van der Waals surface area contributed by atoms with Crippen molar-refractivity contribution >= 4 is 11.8 Å². The molecule has 3 aliphatic rings. The topological polar surface area (TPSA) is 49.4 Å². The summed E-state index contributed by atoms with van der Waals surface area (Å²) in [6, 6.07) is 0.136. The van der Waals surface area contributed by atoms with Crippen molar-refractivity contribution in [3.05, 3.63) is 0 Å². The molecule has 1 atom stereocenters. The summed E-state index contributed by atoms with van der Waals surface area (Å²) in [4.78, 5) is 25.9. The Morgan fingerprint density at radius 3 is 2.35 bits per heavy atom. The molecule has 17 heavy (non-hydrogen) atoms. The first-order valence-electron chi connectivity index (χ1n) is 6.85. The second kappa shape index (κ2) is 4.31. The molecule has 4 nitrogen and oxygen atoms in total. The lowest BCUT2D eigenvalue weighted by atomic mass is 9.82. The number of amides is 2. The Labute approximate surface area is 102 Å². The van der Waals surface area contributed by atoms with Crippen molar-refractivity contribution < 1.29 is 9.59 Å². The Bertz CT molecular complexity index is 332. The number of nitrogens with zero attached hydrogens (tertiary/aromatic N) is 1. The van der Waals surface area contributed by atoms with Crippen LogP contribution in [0.4, 0.5) is 0 Å². The molecule has 3 fully saturated rings. The van der Waals surface area contributed by atoms with Crippen molar-refractivity contribution in [3.63, 3.8) is 0 Å². The number of hydrogen-bond donors (Lipinski definition) is 1. The molecule has 3 rings (SSSR count). The van der Waals surface area contributed by atoms with Crippen LogP contribution in [0.1, 0.15) is 44.9 Å². The van der Waals surface area contributed by atoms with Crippen LogP contribution in [0.2, 0.25) is 0 Å². The Morgan fingerprint density at radius 1 is 1.00 bits per heavy atom. The molecule has 1 unspecified atom stereocenters. The summed E-state index contributed by atoms with van der Waals surface area (Å²) in [7, 11) is 0. The quantitative estimate of drug-likeness (QED) is 0.779. The fourth-order valence-electron chi connectivity index (χ4n) is 3.17. The lowest BCUT2D eigenvalue weighted by molar-refractivity contribution is -0.146. The summed E-state index contributed by atoms with van der Waals surface area (Å²) in [6.45, 7) is 0.284. The highest BCUT2D eigenvalue weighted by Crippen LogP contribution is 2.32. The highest BCUT2D eigenvalue weighted by Gasteiger charge is 2.43. The summed E-state index contributed by atoms with van der Waals surface area (Å²) in [5.74, 6) is 0.591. The molecule has 0 spiro atoms. The number of nitrogens with one attached hydrogen (secondary N) is 1. The van der Waals surface area contributed by atoms with Crippen molar-refractivity contribution in [1.29, 1.82) is 0 Å². The first kappa shape index (κ1) is 11.1. The number of piperazine rings is 1. The molecule has 2 aliphatic carbocycles. The Balaban J connectivity index is 1.72. The maximum Gasteiger partial charge on any atom is 0.246 e. The fraction of sp³-hybridized carbons (Fsp3) is 0.846. The minimum absolute atomic E-state index is 0.0343. The minimum atomic E-state index is -0.225. The molecule has 0 bridgehead atoms. The maximum absolute atomic E-state index is 12.4. The molecule has 2 saturated carbocycles. The molecule has 1 N–H and O–H groups in total. The lowest BCUT2D eigenvalue weighted by Gasteiger charge is -2.38. The van der Waals surface area contributed by atoms with Crippen LogP contribution in [-0.4, -0.2) is 35.3 Å². The minimum Gasteiger partial charge on any atom is -0.342 e. The number of carbonyl (C=O) groups excluding carboxylic acids is 2. The van der Waals surface area contributed by atoms with Crippen molar-refractivity contribution in [2.24, 2.45) is 5.92 Å². The molecule has 1 aliphatic heterocycles. The molecule has 0 aromatic rings. The molecule has 4 heteroatoms. The van der Waals surface area contributed by atoms with E-state index in [2.05, 4.69) is 5.32 Å². The zero-order chi connectivity index (χ0) is 11.8. The average molecular weight is 236 g/mol. The summed E-state index contributed by atoms with van der Waals surface area (Å²) < 4.78 is 0. The van der Waals surface area contributed by atoms with Crippen molar-refractivity contribution in [2.45, 2.75) is 57.0 Å². The van der Waals surface area contributed by atoms with E-state index in [1.54, 1.807) is 0 Å². The Hall–Kier alpha value is -1.06. The summed E-state index contributed by atoms with van der Waals surface area (Å²) >= 11 is 0. The van der Waals surface area contributed by atoms with Gasteiger partial charge in [-0.2, -0.15) is 0 Å². The molecule has 94 valence electrons. The van der Waals surface area contributed by atoms with Gasteiger partial charge in [-0.3, -0.25) is 9.59 Å². The van der Waals surface area contributed by atoms with Gasteiger partial charge in [0, 0.05) is 6.04 Å². The fourth-order valence-corrected chi connectivity index (χ4v) is 3.17. The summed E-state index contributed by atoms with van der Waals surface area (Å²) in [5, 5.41) is 2.92. The molecule has 0 aromatic carbocycles. The zero-order valence-electron chi connectivity index (χ0n) is 10.2. The molecular weight excluding hydrogens is 216 g/mol. The third kappa shape index (κ3) is 2.17. The van der Waals surface area contributed by atoms with E-state index >= 15 is 0 Å². The van der Waals surface area contributed by atoms with Crippen LogP contribution in [0.15, 0.2) is 0 Å². The van der Waals surface area contributed by atoms with Crippen LogP contribution in [0, 0.1) is 5.92 Å². The van der Waals surface area contributed by atoms with Crippen molar-refractivity contribution in [3.8, 4) is 0 Å². The molecule has 1 heterocycles. The van der Waals surface area contributed by atoms with Gasteiger partial charge in [-0.15, -0.1) is 0 Å².